The van der Waals surface area contributed by atoms with Crippen LogP contribution in [0.1, 0.15) is 26.2 Å². The van der Waals surface area contributed by atoms with E-state index in [1.54, 1.807) is 26.0 Å². The number of hydrogen-bond acceptors (Lipinski definition) is 5. The van der Waals surface area contributed by atoms with E-state index in [-0.39, 0.29) is 10.8 Å². The lowest BCUT2D eigenvalue weighted by Crippen LogP contribution is -2.44. The minimum absolute atomic E-state index is 0.000944. The standard InChI is InChI=1S/C16H20N2O5S/c1-4-10(2)15(16(19)20)18-24(21,22)13-7-5-12(6-8-13)14-9-23-11(3)17-14/h5-10,15,18H,4H2,1-3H3,(H,19,20)/t10-,15-/m0/s1. The normalized spacial score (nSPS) is 14.3. The third-order valence-corrected chi connectivity index (χ3v) is 5.30. The van der Waals surface area contributed by atoms with Gasteiger partial charge in [-0.15, -0.1) is 0 Å². The molecule has 0 saturated heterocycles. The predicted octanol–water partition coefficient (Wildman–Crippen LogP) is 2.43. The zero-order valence-electron chi connectivity index (χ0n) is 13.7. The van der Waals surface area contributed by atoms with Gasteiger partial charge in [-0.3, -0.25) is 4.79 Å². The van der Waals surface area contributed by atoms with Gasteiger partial charge in [0.2, 0.25) is 10.0 Å². The Labute approximate surface area is 140 Å². The van der Waals surface area contributed by atoms with Crippen molar-refractivity contribution in [3.8, 4) is 11.3 Å². The number of benzene rings is 1. The second kappa shape index (κ2) is 7.14. The number of oxazole rings is 1. The molecule has 2 atom stereocenters. The van der Waals surface area contributed by atoms with Crippen molar-refractivity contribution < 1.29 is 22.7 Å². The first-order valence-corrected chi connectivity index (χ1v) is 9.00. The van der Waals surface area contributed by atoms with Gasteiger partial charge in [0.15, 0.2) is 5.89 Å². The van der Waals surface area contributed by atoms with Crippen LogP contribution in [0.5, 0.6) is 0 Å². The minimum Gasteiger partial charge on any atom is -0.480 e. The van der Waals surface area contributed by atoms with Gasteiger partial charge in [0.25, 0.3) is 0 Å². The number of nitrogens with zero attached hydrogens (tertiary/aromatic N) is 1. The highest BCUT2D eigenvalue weighted by atomic mass is 32.2. The van der Waals surface area contributed by atoms with Crippen LogP contribution in [0.2, 0.25) is 0 Å². The molecule has 24 heavy (non-hydrogen) atoms. The highest BCUT2D eigenvalue weighted by Gasteiger charge is 2.29. The summed E-state index contributed by atoms with van der Waals surface area (Å²) in [4.78, 5) is 15.5. The highest BCUT2D eigenvalue weighted by molar-refractivity contribution is 7.89. The van der Waals surface area contributed by atoms with Gasteiger partial charge in [0.1, 0.15) is 18.0 Å². The second-order valence-electron chi connectivity index (χ2n) is 5.60. The number of nitrogens with one attached hydrogen (secondary N) is 1. The zero-order valence-corrected chi connectivity index (χ0v) is 14.5. The maximum Gasteiger partial charge on any atom is 0.322 e. The van der Waals surface area contributed by atoms with Crippen molar-refractivity contribution in [1.82, 2.24) is 9.71 Å². The third kappa shape index (κ3) is 4.01. The summed E-state index contributed by atoms with van der Waals surface area (Å²) >= 11 is 0. The number of carboxylic acid groups (broad SMARTS) is 1. The Hall–Kier alpha value is -2.19. The Balaban J connectivity index is 2.24. The van der Waals surface area contributed by atoms with E-state index < -0.39 is 22.0 Å². The van der Waals surface area contributed by atoms with Crippen LogP contribution in [0, 0.1) is 12.8 Å². The summed E-state index contributed by atoms with van der Waals surface area (Å²) in [6.07, 6.45) is 2.03. The van der Waals surface area contributed by atoms with E-state index in [4.69, 9.17) is 4.42 Å². The van der Waals surface area contributed by atoms with E-state index in [0.717, 1.165) is 0 Å². The van der Waals surface area contributed by atoms with Gasteiger partial charge in [-0.2, -0.15) is 4.72 Å². The molecule has 2 N–H and O–H groups in total. The molecule has 0 spiro atoms. The van der Waals surface area contributed by atoms with E-state index in [1.165, 1.54) is 18.4 Å². The van der Waals surface area contributed by atoms with Gasteiger partial charge in [-0.1, -0.05) is 32.4 Å². The molecule has 1 aromatic carbocycles. The first kappa shape index (κ1) is 18.2. The highest BCUT2D eigenvalue weighted by Crippen LogP contribution is 2.21. The molecule has 1 heterocycles. The van der Waals surface area contributed by atoms with Crippen molar-refractivity contribution in [2.75, 3.05) is 0 Å². The van der Waals surface area contributed by atoms with Crippen LogP contribution in [0.4, 0.5) is 0 Å². The predicted molar refractivity (Wildman–Crippen MR) is 87.9 cm³/mol. The average molecular weight is 352 g/mol. The summed E-state index contributed by atoms with van der Waals surface area (Å²) < 4.78 is 32.2. The van der Waals surface area contributed by atoms with Crippen molar-refractivity contribution in [2.45, 2.75) is 38.1 Å². The first-order valence-electron chi connectivity index (χ1n) is 7.52. The second-order valence-corrected chi connectivity index (χ2v) is 7.31. The molecule has 7 nitrogen and oxygen atoms in total. The molecule has 0 amide bonds. The number of carboxylic acids is 1. The molecule has 0 aliphatic carbocycles. The molecule has 8 heteroatoms. The fraction of sp³-hybridized carbons (Fsp3) is 0.375. The SMILES string of the molecule is CC[C@H](C)[C@H](NS(=O)(=O)c1ccc(-c2coc(C)n2)cc1)C(=O)O. The van der Waals surface area contributed by atoms with Gasteiger partial charge >= 0.3 is 5.97 Å². The van der Waals surface area contributed by atoms with E-state index in [0.29, 0.717) is 23.6 Å². The van der Waals surface area contributed by atoms with Crippen LogP contribution in [0.15, 0.2) is 39.8 Å². The number of rotatable bonds is 7. The van der Waals surface area contributed by atoms with Crippen molar-refractivity contribution >= 4 is 16.0 Å². The molecule has 2 aromatic rings. The summed E-state index contributed by atoms with van der Waals surface area (Å²) in [6.45, 7) is 5.22. The molecule has 1 aromatic heterocycles. The van der Waals surface area contributed by atoms with Crippen molar-refractivity contribution in [1.29, 1.82) is 0 Å². The molecule has 0 saturated carbocycles. The summed E-state index contributed by atoms with van der Waals surface area (Å²) in [5, 5.41) is 9.23. The van der Waals surface area contributed by atoms with Crippen LogP contribution in [-0.4, -0.2) is 30.5 Å². The molecule has 0 radical (unpaired) electrons. The van der Waals surface area contributed by atoms with Crippen LogP contribution in [-0.2, 0) is 14.8 Å². The van der Waals surface area contributed by atoms with E-state index >= 15 is 0 Å². The molecule has 0 bridgehead atoms. The first-order chi connectivity index (χ1) is 11.2. The van der Waals surface area contributed by atoms with E-state index in [9.17, 15) is 18.3 Å². The Morgan fingerprint density at radius 3 is 2.42 bits per heavy atom. The fourth-order valence-corrected chi connectivity index (χ4v) is 3.48. The molecule has 130 valence electrons. The van der Waals surface area contributed by atoms with E-state index in [1.807, 2.05) is 6.92 Å². The number of aliphatic carboxylic acids is 1. The largest absolute Gasteiger partial charge is 0.480 e. The lowest BCUT2D eigenvalue weighted by atomic mass is 10.0. The fourth-order valence-electron chi connectivity index (χ4n) is 2.18. The van der Waals surface area contributed by atoms with Crippen molar-refractivity contribution in [2.24, 2.45) is 5.92 Å². The van der Waals surface area contributed by atoms with Gasteiger partial charge in [0.05, 0.1) is 4.90 Å². The topological polar surface area (TPSA) is 110 Å². The maximum atomic E-state index is 12.4. The smallest absolute Gasteiger partial charge is 0.322 e. The zero-order chi connectivity index (χ0) is 17.9. The Kier molecular flexibility index (Phi) is 5.40. The Morgan fingerprint density at radius 1 is 1.33 bits per heavy atom. The minimum atomic E-state index is -3.93. The Morgan fingerprint density at radius 2 is 1.96 bits per heavy atom. The molecule has 0 unspecified atom stereocenters. The van der Waals surface area contributed by atoms with Gasteiger partial charge in [0, 0.05) is 12.5 Å². The summed E-state index contributed by atoms with van der Waals surface area (Å²) in [6, 6.07) is 4.86. The molecule has 2 rings (SSSR count). The summed E-state index contributed by atoms with van der Waals surface area (Å²) in [7, 11) is -3.93. The maximum absolute atomic E-state index is 12.4. The number of sulfonamides is 1. The van der Waals surface area contributed by atoms with Gasteiger partial charge < -0.3 is 9.52 Å². The number of aromatic nitrogens is 1. The van der Waals surface area contributed by atoms with Gasteiger partial charge in [-0.05, 0) is 18.1 Å². The molecular formula is C16H20N2O5S. The lowest BCUT2D eigenvalue weighted by Gasteiger charge is -2.20. The van der Waals surface area contributed by atoms with Crippen LogP contribution in [0.25, 0.3) is 11.3 Å². The lowest BCUT2D eigenvalue weighted by molar-refractivity contribution is -0.140. The number of aryl methyl sites for hydroxylation is 1. The van der Waals surface area contributed by atoms with E-state index in [2.05, 4.69) is 9.71 Å². The number of carbonyl (C=O) groups is 1. The van der Waals surface area contributed by atoms with Crippen molar-refractivity contribution in [3.05, 3.63) is 36.4 Å². The summed E-state index contributed by atoms with van der Waals surface area (Å²) in [5.41, 5.74) is 1.31. The third-order valence-electron chi connectivity index (χ3n) is 3.84. The molecule has 0 fully saturated rings. The quantitative estimate of drug-likeness (QED) is 0.792. The molecule has 0 aliphatic heterocycles. The molecule has 0 aliphatic rings. The van der Waals surface area contributed by atoms with Crippen LogP contribution < -0.4 is 4.72 Å². The van der Waals surface area contributed by atoms with Crippen molar-refractivity contribution in [3.63, 3.8) is 0 Å². The van der Waals surface area contributed by atoms with Crippen LogP contribution >= 0.6 is 0 Å². The molecular weight excluding hydrogens is 332 g/mol. The van der Waals surface area contributed by atoms with Crippen LogP contribution in [0.3, 0.4) is 0 Å². The summed E-state index contributed by atoms with van der Waals surface area (Å²) in [5.74, 6) is -1.00. The monoisotopic (exact) mass is 352 g/mol. The average Bonchev–Trinajstić information content (AvgIpc) is 2.98. The Bertz CT molecular complexity index is 811. The van der Waals surface area contributed by atoms with Gasteiger partial charge in [-0.25, -0.2) is 13.4 Å². The number of hydrogen-bond donors (Lipinski definition) is 2.